The van der Waals surface area contributed by atoms with Gasteiger partial charge in [0.2, 0.25) is 0 Å². The van der Waals surface area contributed by atoms with Crippen LogP contribution in [0.3, 0.4) is 0 Å². The zero-order chi connectivity index (χ0) is 10.3. The molecule has 0 amide bonds. The van der Waals surface area contributed by atoms with E-state index in [2.05, 4.69) is 30.7 Å². The molecule has 15 heavy (non-hydrogen) atoms. The molecule has 2 nitrogen and oxygen atoms in total. The maximum atomic E-state index is 5.81. The lowest BCUT2D eigenvalue weighted by atomic mass is 9.76. The molecule has 3 rings (SSSR count). The Hall–Kier alpha value is -0.860. The second kappa shape index (κ2) is 3.32. The Bertz CT molecular complexity index is 338. The van der Waals surface area contributed by atoms with Gasteiger partial charge in [-0.2, -0.15) is 0 Å². The number of nitrogens with two attached hydrogens (primary N) is 1. The van der Waals surface area contributed by atoms with E-state index in [1.807, 2.05) is 5.01 Å². The number of nitrogens with zero attached hydrogens (tertiary/aromatic N) is 1. The van der Waals surface area contributed by atoms with E-state index in [1.165, 1.54) is 30.4 Å². The van der Waals surface area contributed by atoms with Gasteiger partial charge in [0.1, 0.15) is 0 Å². The van der Waals surface area contributed by atoms with Gasteiger partial charge in [-0.25, -0.2) is 5.01 Å². The van der Waals surface area contributed by atoms with Crippen LogP contribution in [0.2, 0.25) is 0 Å². The molecule has 1 aliphatic carbocycles. The molecule has 1 saturated heterocycles. The van der Waals surface area contributed by atoms with E-state index in [0.717, 1.165) is 13.1 Å². The van der Waals surface area contributed by atoms with Crippen LogP contribution in [0.25, 0.3) is 0 Å². The molecule has 79 valence electrons. The minimum Gasteiger partial charge on any atom is -0.269 e. The molecule has 1 radical (unpaired) electrons. The van der Waals surface area contributed by atoms with Crippen molar-refractivity contribution in [2.45, 2.75) is 19.3 Å². The largest absolute Gasteiger partial charge is 0.269 e. The predicted molar refractivity (Wildman–Crippen MR) is 61.0 cm³/mol. The van der Waals surface area contributed by atoms with Crippen molar-refractivity contribution in [1.29, 1.82) is 0 Å². The molecule has 2 heteroatoms. The lowest BCUT2D eigenvalue weighted by Gasteiger charge is -2.37. The van der Waals surface area contributed by atoms with Gasteiger partial charge in [0, 0.05) is 13.1 Å². The van der Waals surface area contributed by atoms with Crippen LogP contribution in [0.4, 0.5) is 0 Å². The lowest BCUT2D eigenvalue weighted by molar-refractivity contribution is 0.137. The van der Waals surface area contributed by atoms with Crippen molar-refractivity contribution in [1.82, 2.24) is 5.01 Å². The Labute approximate surface area is 91.0 Å². The molecule has 1 aromatic rings. The van der Waals surface area contributed by atoms with Gasteiger partial charge >= 0.3 is 0 Å². The second-order valence-corrected chi connectivity index (χ2v) is 4.92. The van der Waals surface area contributed by atoms with Crippen LogP contribution in [0, 0.1) is 11.8 Å². The molecule has 1 aromatic carbocycles. The minimum atomic E-state index is 0.416. The summed E-state index contributed by atoms with van der Waals surface area (Å²) in [6.07, 6.45) is 6.11. The first kappa shape index (κ1) is 9.37. The molecule has 0 aromatic heterocycles. The molecule has 0 bridgehead atoms. The van der Waals surface area contributed by atoms with Crippen molar-refractivity contribution < 1.29 is 0 Å². The van der Waals surface area contributed by atoms with E-state index in [4.69, 9.17) is 5.84 Å². The van der Waals surface area contributed by atoms with Crippen molar-refractivity contribution in [3.63, 3.8) is 0 Å². The highest BCUT2D eigenvalue weighted by Gasteiger charge is 2.39. The van der Waals surface area contributed by atoms with Crippen LogP contribution in [0.15, 0.2) is 24.3 Å². The van der Waals surface area contributed by atoms with Crippen LogP contribution in [-0.4, -0.2) is 18.1 Å². The standard InChI is InChI=1S/C13H17N2/c14-15-7-5-13(6-8-15)9-11-3-1-2-4-12(11)10-13/h1-4,9H,5-8,10,14H2. The first-order valence-corrected chi connectivity index (χ1v) is 5.71. The predicted octanol–water partition coefficient (Wildman–Crippen LogP) is 1.75. The Balaban J connectivity index is 1.83. The van der Waals surface area contributed by atoms with Gasteiger partial charge in [0.25, 0.3) is 0 Å². The van der Waals surface area contributed by atoms with E-state index in [-0.39, 0.29) is 0 Å². The third-order valence-corrected chi connectivity index (χ3v) is 3.85. The van der Waals surface area contributed by atoms with E-state index in [9.17, 15) is 0 Å². The Kier molecular flexibility index (Phi) is 2.08. The molecule has 0 atom stereocenters. The number of benzene rings is 1. The third-order valence-electron chi connectivity index (χ3n) is 3.85. The van der Waals surface area contributed by atoms with Gasteiger partial charge in [-0.15, -0.1) is 0 Å². The summed E-state index contributed by atoms with van der Waals surface area (Å²) in [6.45, 7) is 2.06. The van der Waals surface area contributed by atoms with Crippen molar-refractivity contribution in [2.24, 2.45) is 11.3 Å². The summed E-state index contributed by atoms with van der Waals surface area (Å²) in [5.74, 6) is 5.81. The molecular formula is C13H17N2. The maximum Gasteiger partial charge on any atom is 0.0134 e. The van der Waals surface area contributed by atoms with Crippen LogP contribution in [0.5, 0.6) is 0 Å². The van der Waals surface area contributed by atoms with Crippen molar-refractivity contribution in [2.75, 3.05) is 13.1 Å². The van der Waals surface area contributed by atoms with Gasteiger partial charge in [0.05, 0.1) is 0 Å². The van der Waals surface area contributed by atoms with Crippen LogP contribution in [-0.2, 0) is 6.42 Å². The highest BCUT2D eigenvalue weighted by Crippen LogP contribution is 2.45. The first-order chi connectivity index (χ1) is 7.27. The van der Waals surface area contributed by atoms with Gasteiger partial charge in [-0.3, -0.25) is 5.84 Å². The maximum absolute atomic E-state index is 5.81. The zero-order valence-electron chi connectivity index (χ0n) is 8.95. The highest BCUT2D eigenvalue weighted by molar-refractivity contribution is 5.42. The van der Waals surface area contributed by atoms with Crippen LogP contribution in [0.1, 0.15) is 24.0 Å². The summed E-state index contributed by atoms with van der Waals surface area (Å²) < 4.78 is 0. The van der Waals surface area contributed by atoms with E-state index in [0.29, 0.717) is 5.41 Å². The van der Waals surface area contributed by atoms with Crippen molar-refractivity contribution in [3.8, 4) is 0 Å². The number of hydrogen-bond acceptors (Lipinski definition) is 2. The first-order valence-electron chi connectivity index (χ1n) is 5.71. The molecule has 0 saturated carbocycles. The van der Waals surface area contributed by atoms with E-state index >= 15 is 0 Å². The summed E-state index contributed by atoms with van der Waals surface area (Å²) in [4.78, 5) is 0. The number of rotatable bonds is 0. The lowest BCUT2D eigenvalue weighted by Crippen LogP contribution is -2.43. The van der Waals surface area contributed by atoms with E-state index < -0.39 is 0 Å². The average Bonchev–Trinajstić information content (AvgIpc) is 2.61. The SMILES string of the molecule is NN1CCC2([CH]c3ccccc3C2)CC1. The molecule has 0 unspecified atom stereocenters. The summed E-state index contributed by atoms with van der Waals surface area (Å²) in [6, 6.07) is 8.77. The normalized spacial score (nSPS) is 24.3. The number of fused-ring (bicyclic) bond motifs is 1. The average molecular weight is 201 g/mol. The fraction of sp³-hybridized carbons (Fsp3) is 0.462. The summed E-state index contributed by atoms with van der Waals surface area (Å²) in [7, 11) is 0. The zero-order valence-corrected chi connectivity index (χ0v) is 8.95. The number of hydrazine groups is 1. The fourth-order valence-electron chi connectivity index (χ4n) is 2.89. The van der Waals surface area contributed by atoms with Gasteiger partial charge in [-0.05, 0) is 42.2 Å². The quantitative estimate of drug-likeness (QED) is 0.648. The van der Waals surface area contributed by atoms with Gasteiger partial charge in [-0.1, -0.05) is 24.3 Å². The molecule has 1 heterocycles. The molecular weight excluding hydrogens is 184 g/mol. The molecule has 1 fully saturated rings. The molecule has 2 aliphatic rings. The third kappa shape index (κ3) is 1.58. The molecule has 2 N–H and O–H groups in total. The monoisotopic (exact) mass is 201 g/mol. The Morgan fingerprint density at radius 3 is 2.60 bits per heavy atom. The van der Waals surface area contributed by atoms with Crippen molar-refractivity contribution in [3.05, 3.63) is 41.8 Å². The number of piperidine rings is 1. The van der Waals surface area contributed by atoms with Gasteiger partial charge in [0.15, 0.2) is 0 Å². The summed E-state index contributed by atoms with van der Waals surface area (Å²) >= 11 is 0. The topological polar surface area (TPSA) is 29.3 Å². The van der Waals surface area contributed by atoms with Crippen molar-refractivity contribution >= 4 is 0 Å². The van der Waals surface area contributed by atoms with Crippen LogP contribution < -0.4 is 5.84 Å². The summed E-state index contributed by atoms with van der Waals surface area (Å²) in [5.41, 5.74) is 3.38. The fourth-order valence-corrected chi connectivity index (χ4v) is 2.89. The second-order valence-electron chi connectivity index (χ2n) is 4.92. The number of hydrogen-bond donors (Lipinski definition) is 1. The summed E-state index contributed by atoms with van der Waals surface area (Å²) in [5, 5.41) is 1.95. The Morgan fingerprint density at radius 1 is 1.13 bits per heavy atom. The Morgan fingerprint density at radius 2 is 1.87 bits per heavy atom. The smallest absolute Gasteiger partial charge is 0.0134 e. The molecule has 1 aliphatic heterocycles. The minimum absolute atomic E-state index is 0.416. The van der Waals surface area contributed by atoms with E-state index in [1.54, 1.807) is 0 Å². The highest BCUT2D eigenvalue weighted by atomic mass is 15.4. The molecule has 1 spiro atoms. The van der Waals surface area contributed by atoms with Crippen LogP contribution >= 0.6 is 0 Å². The van der Waals surface area contributed by atoms with Gasteiger partial charge < -0.3 is 0 Å².